The smallest absolute Gasteiger partial charge is 0.280 e. The fourth-order valence-corrected chi connectivity index (χ4v) is 1.89. The van der Waals surface area contributed by atoms with Crippen LogP contribution in [0, 0.1) is 26.1 Å². The molecular weight excluding hydrogens is 278 g/mol. The molecule has 1 aliphatic carbocycles. The van der Waals surface area contributed by atoms with E-state index in [1.807, 2.05) is 0 Å². The lowest BCUT2D eigenvalue weighted by Gasteiger charge is -2.06. The van der Waals surface area contributed by atoms with Crippen LogP contribution in [0.1, 0.15) is 18.4 Å². The van der Waals surface area contributed by atoms with Crippen molar-refractivity contribution in [3.63, 3.8) is 0 Å². The van der Waals surface area contributed by atoms with Crippen molar-refractivity contribution in [1.29, 1.82) is 0 Å². The van der Waals surface area contributed by atoms with Crippen molar-refractivity contribution in [2.24, 2.45) is 5.92 Å². The topological polar surface area (TPSA) is 108 Å². The van der Waals surface area contributed by atoms with Crippen LogP contribution in [-0.4, -0.2) is 29.6 Å². The highest BCUT2D eigenvalue weighted by atomic mass is 16.6. The maximum Gasteiger partial charge on any atom is 0.280 e. The molecule has 8 heteroatoms. The average Bonchev–Trinajstić information content (AvgIpc) is 3.26. The molecule has 0 aromatic heterocycles. The van der Waals surface area contributed by atoms with Gasteiger partial charge in [0.2, 0.25) is 0 Å². The van der Waals surface area contributed by atoms with Crippen LogP contribution in [0.4, 0.5) is 11.4 Å². The first kappa shape index (κ1) is 15.3. The summed E-state index contributed by atoms with van der Waals surface area (Å²) >= 11 is 0. The SMILES string of the molecule is O=[N+]([O-])c1ccc(CNCCOCC2CC2)c([N+](=O)[O-])c1. The lowest BCUT2D eigenvalue weighted by atomic mass is 10.1. The van der Waals surface area contributed by atoms with E-state index < -0.39 is 9.85 Å². The van der Waals surface area contributed by atoms with Gasteiger partial charge in [-0.2, -0.15) is 0 Å². The Labute approximate surface area is 121 Å². The van der Waals surface area contributed by atoms with E-state index >= 15 is 0 Å². The van der Waals surface area contributed by atoms with E-state index in [4.69, 9.17) is 4.74 Å². The standard InChI is InChI=1S/C13H17N3O5/c17-15(18)12-4-3-11(13(7-12)16(19)20)8-14-5-6-21-9-10-1-2-10/h3-4,7,10,14H,1-2,5-6,8-9H2. The first-order valence-electron chi connectivity index (χ1n) is 6.78. The van der Waals surface area contributed by atoms with Gasteiger partial charge < -0.3 is 10.1 Å². The molecule has 0 atom stereocenters. The Morgan fingerprint density at radius 3 is 2.62 bits per heavy atom. The zero-order valence-electron chi connectivity index (χ0n) is 11.5. The summed E-state index contributed by atoms with van der Waals surface area (Å²) in [7, 11) is 0. The third-order valence-electron chi connectivity index (χ3n) is 3.27. The molecule has 0 saturated heterocycles. The Hall–Kier alpha value is -2.06. The van der Waals surface area contributed by atoms with E-state index in [2.05, 4.69) is 5.32 Å². The average molecular weight is 295 g/mol. The normalized spacial score (nSPS) is 14.1. The molecule has 0 heterocycles. The number of nitrogens with zero attached hydrogens (tertiary/aromatic N) is 2. The van der Waals surface area contributed by atoms with Crippen LogP contribution >= 0.6 is 0 Å². The van der Waals surface area contributed by atoms with Gasteiger partial charge in [-0.25, -0.2) is 0 Å². The van der Waals surface area contributed by atoms with Crippen LogP contribution in [0.2, 0.25) is 0 Å². The highest BCUT2D eigenvalue weighted by molar-refractivity contribution is 5.49. The first-order chi connectivity index (χ1) is 10.1. The molecule has 8 nitrogen and oxygen atoms in total. The highest BCUT2D eigenvalue weighted by Gasteiger charge is 2.21. The zero-order chi connectivity index (χ0) is 15.2. The number of nitro benzene ring substituents is 2. The molecule has 21 heavy (non-hydrogen) atoms. The van der Waals surface area contributed by atoms with Gasteiger partial charge in [0.1, 0.15) is 0 Å². The van der Waals surface area contributed by atoms with Crippen LogP contribution in [-0.2, 0) is 11.3 Å². The van der Waals surface area contributed by atoms with Crippen LogP contribution < -0.4 is 5.32 Å². The minimum Gasteiger partial charge on any atom is -0.380 e. The number of hydrogen-bond acceptors (Lipinski definition) is 6. The van der Waals surface area contributed by atoms with Gasteiger partial charge in [0.15, 0.2) is 0 Å². The van der Waals surface area contributed by atoms with E-state index in [-0.39, 0.29) is 17.9 Å². The highest BCUT2D eigenvalue weighted by Crippen LogP contribution is 2.28. The summed E-state index contributed by atoms with van der Waals surface area (Å²) < 4.78 is 5.44. The molecule has 1 N–H and O–H groups in total. The zero-order valence-corrected chi connectivity index (χ0v) is 11.5. The Bertz CT molecular complexity index is 531. The van der Waals surface area contributed by atoms with E-state index in [1.165, 1.54) is 25.0 Å². The second-order valence-corrected chi connectivity index (χ2v) is 5.02. The van der Waals surface area contributed by atoms with Crippen molar-refractivity contribution in [2.75, 3.05) is 19.8 Å². The first-order valence-corrected chi connectivity index (χ1v) is 6.78. The molecule has 1 aromatic carbocycles. The maximum atomic E-state index is 10.9. The summed E-state index contributed by atoms with van der Waals surface area (Å²) in [6.45, 7) is 2.19. The number of nitro groups is 2. The van der Waals surface area contributed by atoms with Gasteiger partial charge in [0.05, 0.1) is 22.5 Å². The third-order valence-corrected chi connectivity index (χ3v) is 3.27. The predicted molar refractivity (Wildman–Crippen MR) is 75.0 cm³/mol. The van der Waals surface area contributed by atoms with E-state index in [0.717, 1.165) is 12.7 Å². The molecule has 1 fully saturated rings. The van der Waals surface area contributed by atoms with Crippen LogP contribution in [0.15, 0.2) is 18.2 Å². The Kier molecular flexibility index (Phi) is 5.18. The number of non-ortho nitro benzene ring substituents is 1. The molecule has 1 saturated carbocycles. The Balaban J connectivity index is 1.83. The Morgan fingerprint density at radius 1 is 1.24 bits per heavy atom. The van der Waals surface area contributed by atoms with Crippen molar-refractivity contribution in [2.45, 2.75) is 19.4 Å². The van der Waals surface area contributed by atoms with E-state index in [1.54, 1.807) is 0 Å². The Morgan fingerprint density at radius 2 is 2.00 bits per heavy atom. The number of hydrogen-bond donors (Lipinski definition) is 1. The number of nitrogens with one attached hydrogen (secondary N) is 1. The second kappa shape index (κ2) is 7.09. The fourth-order valence-electron chi connectivity index (χ4n) is 1.89. The summed E-state index contributed by atoms with van der Waals surface area (Å²) in [4.78, 5) is 20.3. The van der Waals surface area contributed by atoms with Gasteiger partial charge in [-0.3, -0.25) is 20.2 Å². The van der Waals surface area contributed by atoms with Crippen molar-refractivity contribution in [1.82, 2.24) is 5.32 Å². The van der Waals surface area contributed by atoms with Crippen LogP contribution in [0.5, 0.6) is 0 Å². The molecule has 0 amide bonds. The van der Waals surface area contributed by atoms with Crippen LogP contribution in [0.3, 0.4) is 0 Å². The predicted octanol–water partition coefficient (Wildman–Crippen LogP) is 2.02. The van der Waals surface area contributed by atoms with E-state index in [9.17, 15) is 20.2 Å². The van der Waals surface area contributed by atoms with Crippen molar-refractivity contribution >= 4 is 11.4 Å². The third kappa shape index (κ3) is 4.76. The minimum atomic E-state index is -0.643. The minimum absolute atomic E-state index is 0.240. The number of rotatable bonds is 9. The summed E-state index contributed by atoms with van der Waals surface area (Å²) in [5.74, 6) is 0.709. The van der Waals surface area contributed by atoms with Gasteiger partial charge in [-0.05, 0) is 24.8 Å². The molecule has 2 rings (SSSR count). The lowest BCUT2D eigenvalue weighted by Crippen LogP contribution is -2.20. The molecule has 0 spiro atoms. The lowest BCUT2D eigenvalue weighted by molar-refractivity contribution is -0.394. The molecular formula is C13H17N3O5. The van der Waals surface area contributed by atoms with Gasteiger partial charge >= 0.3 is 0 Å². The number of benzene rings is 1. The second-order valence-electron chi connectivity index (χ2n) is 5.02. The maximum absolute atomic E-state index is 10.9. The fraction of sp³-hybridized carbons (Fsp3) is 0.538. The van der Waals surface area contributed by atoms with Crippen LogP contribution in [0.25, 0.3) is 0 Å². The summed E-state index contributed by atoms with van der Waals surface area (Å²) in [6.07, 6.45) is 2.48. The number of ether oxygens (including phenoxy) is 1. The summed E-state index contributed by atoms with van der Waals surface area (Å²) in [5, 5.41) is 24.6. The molecule has 0 aliphatic heterocycles. The van der Waals surface area contributed by atoms with E-state index in [0.29, 0.717) is 24.6 Å². The molecule has 1 aliphatic rings. The van der Waals surface area contributed by atoms with Crippen molar-refractivity contribution < 1.29 is 14.6 Å². The van der Waals surface area contributed by atoms with Gasteiger partial charge in [0, 0.05) is 31.3 Å². The molecule has 1 aromatic rings. The van der Waals surface area contributed by atoms with Gasteiger partial charge in [-0.1, -0.05) is 0 Å². The molecule has 114 valence electrons. The van der Waals surface area contributed by atoms with Gasteiger partial charge in [0.25, 0.3) is 11.4 Å². The quantitative estimate of drug-likeness (QED) is 0.424. The van der Waals surface area contributed by atoms with Gasteiger partial charge in [-0.15, -0.1) is 0 Å². The monoisotopic (exact) mass is 295 g/mol. The molecule has 0 unspecified atom stereocenters. The largest absolute Gasteiger partial charge is 0.380 e. The molecule has 0 radical (unpaired) electrons. The molecule has 0 bridgehead atoms. The summed E-state index contributed by atoms with van der Waals surface area (Å²) in [6, 6.07) is 3.67. The van der Waals surface area contributed by atoms with Crippen molar-refractivity contribution in [3.05, 3.63) is 44.0 Å². The summed E-state index contributed by atoms with van der Waals surface area (Å²) in [5.41, 5.74) is -0.0957. The van der Waals surface area contributed by atoms with Crippen molar-refractivity contribution in [3.8, 4) is 0 Å².